The van der Waals surface area contributed by atoms with E-state index < -0.39 is 30.5 Å². The van der Waals surface area contributed by atoms with Crippen molar-refractivity contribution in [1.82, 2.24) is 14.9 Å². The zero-order chi connectivity index (χ0) is 24.4. The number of hydrogen-bond donors (Lipinski definition) is 2. The highest BCUT2D eigenvalue weighted by molar-refractivity contribution is 5.79. The average Bonchev–Trinajstić information content (AvgIpc) is 2.84. The van der Waals surface area contributed by atoms with Gasteiger partial charge in [0.15, 0.2) is 0 Å². The van der Waals surface area contributed by atoms with E-state index in [1.165, 1.54) is 24.0 Å². The fraction of sp³-hybridized carbons (Fsp3) is 0.458. The molecule has 1 aromatic carbocycles. The number of aliphatic hydroxyl groups is 1. The van der Waals surface area contributed by atoms with E-state index in [2.05, 4.69) is 15.3 Å². The number of amides is 1. The second-order valence-corrected chi connectivity index (χ2v) is 8.77. The maximum absolute atomic E-state index is 14.7. The molecule has 182 valence electrons. The van der Waals surface area contributed by atoms with Gasteiger partial charge >= 0.3 is 0 Å². The Balaban J connectivity index is 1.58. The quantitative estimate of drug-likeness (QED) is 0.662. The molecule has 1 fully saturated rings. The van der Waals surface area contributed by atoms with Gasteiger partial charge in [-0.05, 0) is 37.3 Å². The minimum atomic E-state index is -2.89. The predicted octanol–water partition coefficient (Wildman–Crippen LogP) is 3.79. The molecule has 3 heterocycles. The molecule has 2 aliphatic heterocycles. The largest absolute Gasteiger partial charge is 0.387 e. The van der Waals surface area contributed by atoms with Crippen LogP contribution in [0.25, 0.3) is 6.08 Å². The lowest BCUT2D eigenvalue weighted by atomic mass is 9.86. The normalized spacial score (nSPS) is 17.4. The summed E-state index contributed by atoms with van der Waals surface area (Å²) in [7, 11) is 1.93. The molecule has 2 N–H and O–H groups in total. The van der Waals surface area contributed by atoms with E-state index >= 15 is 0 Å². The van der Waals surface area contributed by atoms with Crippen molar-refractivity contribution in [2.45, 2.75) is 32.2 Å². The molecule has 1 amide bonds. The van der Waals surface area contributed by atoms with E-state index in [1.54, 1.807) is 11.8 Å². The molecule has 0 radical (unpaired) electrons. The van der Waals surface area contributed by atoms with Crippen LogP contribution in [0.1, 0.15) is 48.9 Å². The lowest BCUT2D eigenvalue weighted by Crippen LogP contribution is -2.41. The third-order valence-electron chi connectivity index (χ3n) is 6.59. The van der Waals surface area contributed by atoms with Crippen LogP contribution in [0.2, 0.25) is 0 Å². The maximum atomic E-state index is 14.7. The predicted molar refractivity (Wildman–Crippen MR) is 123 cm³/mol. The van der Waals surface area contributed by atoms with Crippen LogP contribution in [0.5, 0.6) is 0 Å². The van der Waals surface area contributed by atoms with Gasteiger partial charge in [-0.3, -0.25) is 4.79 Å². The van der Waals surface area contributed by atoms with Crippen molar-refractivity contribution in [1.29, 1.82) is 0 Å². The highest BCUT2D eigenvalue weighted by Crippen LogP contribution is 2.37. The van der Waals surface area contributed by atoms with Crippen LogP contribution < -0.4 is 10.2 Å². The van der Waals surface area contributed by atoms with E-state index in [-0.39, 0.29) is 17.4 Å². The zero-order valence-electron chi connectivity index (χ0n) is 19.1. The third-order valence-corrected chi connectivity index (χ3v) is 6.59. The van der Waals surface area contributed by atoms with Gasteiger partial charge in [0, 0.05) is 32.2 Å². The fourth-order valence-corrected chi connectivity index (χ4v) is 4.72. The van der Waals surface area contributed by atoms with Gasteiger partial charge in [-0.25, -0.2) is 23.1 Å². The Hall–Kier alpha value is -3.14. The molecule has 0 aliphatic carbocycles. The second kappa shape index (κ2) is 10.0. The summed E-state index contributed by atoms with van der Waals surface area (Å²) < 4.78 is 41.0. The van der Waals surface area contributed by atoms with Crippen molar-refractivity contribution in [3.63, 3.8) is 0 Å². The van der Waals surface area contributed by atoms with E-state index in [0.29, 0.717) is 25.5 Å². The Kier molecular flexibility index (Phi) is 7.06. The highest BCUT2D eigenvalue weighted by atomic mass is 19.3. The van der Waals surface area contributed by atoms with Crippen molar-refractivity contribution in [2.24, 2.45) is 5.92 Å². The first-order valence-corrected chi connectivity index (χ1v) is 11.3. The number of halogens is 3. The van der Waals surface area contributed by atoms with Gasteiger partial charge in [0.25, 0.3) is 6.43 Å². The number of likely N-dealkylation sites (N-methyl/N-ethyl adjacent to an activating group) is 1. The number of benzene rings is 1. The summed E-state index contributed by atoms with van der Waals surface area (Å²) in [5, 5.41) is 12.3. The molecular weight excluding hydrogens is 447 g/mol. The average molecular weight is 476 g/mol. The van der Waals surface area contributed by atoms with Crippen molar-refractivity contribution < 1.29 is 23.1 Å². The van der Waals surface area contributed by atoms with Gasteiger partial charge < -0.3 is 20.2 Å². The van der Waals surface area contributed by atoms with E-state index in [9.17, 15) is 18.0 Å². The van der Waals surface area contributed by atoms with Gasteiger partial charge in [-0.1, -0.05) is 18.2 Å². The Morgan fingerprint density at radius 1 is 1.24 bits per heavy atom. The maximum Gasteiger partial charge on any atom is 0.266 e. The van der Waals surface area contributed by atoms with Crippen LogP contribution in [0.3, 0.4) is 0 Å². The van der Waals surface area contributed by atoms with Gasteiger partial charge in [-0.2, -0.15) is 0 Å². The van der Waals surface area contributed by atoms with Crippen molar-refractivity contribution in [3.05, 3.63) is 52.6 Å². The number of anilines is 2. The molecular formula is C24H28F3N5O2. The number of nitrogens with zero attached hydrogens (tertiary/aromatic N) is 4. The Morgan fingerprint density at radius 3 is 2.62 bits per heavy atom. The zero-order valence-corrected chi connectivity index (χ0v) is 19.1. The highest BCUT2D eigenvalue weighted by Gasteiger charge is 2.29. The number of fused-ring (bicyclic) bond motifs is 1. The molecule has 0 bridgehead atoms. The van der Waals surface area contributed by atoms with Crippen LogP contribution in [0.4, 0.5) is 24.8 Å². The summed E-state index contributed by atoms with van der Waals surface area (Å²) in [6.07, 6.45) is 2.16. The molecule has 1 atom stereocenters. The van der Waals surface area contributed by atoms with Gasteiger partial charge in [-0.15, -0.1) is 0 Å². The first-order valence-electron chi connectivity index (χ1n) is 11.3. The Morgan fingerprint density at radius 2 is 1.94 bits per heavy atom. The van der Waals surface area contributed by atoms with E-state index in [4.69, 9.17) is 5.11 Å². The van der Waals surface area contributed by atoms with Crippen molar-refractivity contribution in [3.8, 4) is 0 Å². The smallest absolute Gasteiger partial charge is 0.266 e. The number of likely N-dealkylation sites (tertiary alicyclic amines) is 1. The second-order valence-electron chi connectivity index (χ2n) is 8.77. The number of carbonyl (C=O) groups is 1. The van der Waals surface area contributed by atoms with Crippen LogP contribution in [-0.2, 0) is 4.79 Å². The summed E-state index contributed by atoms with van der Waals surface area (Å²) >= 11 is 0. The SMILES string of the molecule is C[C@@H](Nc1ncnc2c1C=C(C1CCN(C(=O)CO)CC1)CN2C)c1cccc(C(F)F)c1F. The summed E-state index contributed by atoms with van der Waals surface area (Å²) in [5.41, 5.74) is 1.46. The van der Waals surface area contributed by atoms with Gasteiger partial charge in [0.05, 0.1) is 17.2 Å². The molecule has 0 spiro atoms. The van der Waals surface area contributed by atoms with Crippen LogP contribution in [0, 0.1) is 11.7 Å². The first-order chi connectivity index (χ1) is 16.3. The number of aromatic nitrogens is 2. The molecule has 4 rings (SSSR count). The minimum Gasteiger partial charge on any atom is -0.387 e. The standard InChI is InChI=1S/C24H28F3N5O2/c1-14(17-4-3-5-18(21(17)25)22(26)27)30-23-19-10-16(11-31(2)24(19)29-13-28-23)15-6-8-32(9-7-15)20(34)12-33/h3-5,10,13-15,22,33H,6-9,11-12H2,1-2H3,(H,28,29,30)/t14-/m1/s1. The molecule has 2 aromatic rings. The molecule has 0 unspecified atom stereocenters. The summed E-state index contributed by atoms with van der Waals surface area (Å²) in [6.45, 7) is 3.08. The lowest BCUT2D eigenvalue weighted by Gasteiger charge is -2.36. The number of hydrogen-bond acceptors (Lipinski definition) is 6. The summed E-state index contributed by atoms with van der Waals surface area (Å²) in [4.78, 5) is 24.2. The van der Waals surface area contributed by atoms with Crippen LogP contribution in [-0.4, -0.2) is 59.2 Å². The number of nitrogens with one attached hydrogen (secondary N) is 1. The Bertz CT molecular complexity index is 1090. The van der Waals surface area contributed by atoms with E-state index in [1.807, 2.05) is 18.0 Å². The number of alkyl halides is 2. The molecule has 10 heteroatoms. The van der Waals surface area contributed by atoms with Gasteiger partial charge in [0.1, 0.15) is 30.4 Å². The van der Waals surface area contributed by atoms with Crippen LogP contribution in [0.15, 0.2) is 30.1 Å². The molecule has 1 saturated heterocycles. The molecule has 1 aromatic heterocycles. The molecule has 0 saturated carbocycles. The molecule has 34 heavy (non-hydrogen) atoms. The lowest BCUT2D eigenvalue weighted by molar-refractivity contribution is -0.135. The minimum absolute atomic E-state index is 0.138. The fourth-order valence-electron chi connectivity index (χ4n) is 4.72. The number of carbonyl (C=O) groups excluding carboxylic acids is 1. The number of piperidine rings is 1. The summed E-state index contributed by atoms with van der Waals surface area (Å²) in [5.74, 6) is 0.317. The topological polar surface area (TPSA) is 81.6 Å². The van der Waals surface area contributed by atoms with Crippen molar-refractivity contribution in [2.75, 3.05) is 43.5 Å². The summed E-state index contributed by atoms with van der Waals surface area (Å²) in [6, 6.07) is 3.40. The third kappa shape index (κ3) is 4.72. The number of aliphatic hydroxyl groups excluding tert-OH is 1. The Labute approximate surface area is 196 Å². The van der Waals surface area contributed by atoms with Crippen molar-refractivity contribution >= 4 is 23.6 Å². The van der Waals surface area contributed by atoms with E-state index in [0.717, 1.165) is 30.3 Å². The monoisotopic (exact) mass is 475 g/mol. The molecule has 7 nitrogen and oxygen atoms in total. The number of rotatable bonds is 6. The van der Waals surface area contributed by atoms with Gasteiger partial charge in [0.2, 0.25) is 5.91 Å². The molecule has 2 aliphatic rings. The first kappa shape index (κ1) is 24.0. The van der Waals surface area contributed by atoms with Crippen LogP contribution >= 0.6 is 0 Å².